The maximum absolute atomic E-state index is 12.9. The van der Waals surface area contributed by atoms with E-state index in [2.05, 4.69) is 10.2 Å². The van der Waals surface area contributed by atoms with E-state index in [1.165, 1.54) is 6.92 Å². The monoisotopic (exact) mass is 641 g/mol. The molecule has 2 rings (SSSR count). The Morgan fingerprint density at radius 2 is 0.911 bits per heavy atom. The molecular formula is C32H59N5O8. The molecule has 2 aliphatic rings. The molecule has 0 aliphatic carbocycles. The van der Waals surface area contributed by atoms with E-state index in [1.54, 1.807) is 0 Å². The topological polar surface area (TPSA) is 130 Å². The van der Waals surface area contributed by atoms with Gasteiger partial charge in [-0.2, -0.15) is 0 Å². The van der Waals surface area contributed by atoms with Crippen molar-refractivity contribution in [2.75, 3.05) is 85.1 Å². The molecule has 260 valence electrons. The second kappa shape index (κ2) is 17.0. The lowest BCUT2D eigenvalue weighted by Crippen LogP contribution is -2.53. The van der Waals surface area contributed by atoms with E-state index in [9.17, 15) is 19.2 Å². The summed E-state index contributed by atoms with van der Waals surface area (Å²) >= 11 is 0. The minimum absolute atomic E-state index is 0.0627. The fourth-order valence-corrected chi connectivity index (χ4v) is 5.37. The van der Waals surface area contributed by atoms with Gasteiger partial charge in [0.2, 0.25) is 0 Å². The van der Waals surface area contributed by atoms with Gasteiger partial charge in [-0.1, -0.05) is 0 Å². The number of hydrogen-bond donors (Lipinski definition) is 1. The van der Waals surface area contributed by atoms with Crippen molar-refractivity contribution < 1.29 is 38.1 Å². The second-order valence-electron chi connectivity index (χ2n) is 15.0. The van der Waals surface area contributed by atoms with Crippen LogP contribution in [0.4, 0.5) is 0 Å². The number of carbonyl (C=O) groups is 4. The number of nitrogens with zero attached hydrogens (tertiary/aromatic N) is 4. The van der Waals surface area contributed by atoms with Crippen LogP contribution in [0.2, 0.25) is 0 Å². The number of hydrogen-bond acceptors (Lipinski definition) is 13. The largest absolute Gasteiger partial charge is 0.459 e. The molecule has 13 nitrogen and oxygen atoms in total. The van der Waals surface area contributed by atoms with E-state index in [0.717, 1.165) is 0 Å². The third kappa shape index (κ3) is 16.7. The molecular weight excluding hydrogens is 582 g/mol. The van der Waals surface area contributed by atoms with Crippen LogP contribution in [0.15, 0.2) is 0 Å². The van der Waals surface area contributed by atoms with Gasteiger partial charge in [-0.25, -0.2) is 0 Å². The molecule has 45 heavy (non-hydrogen) atoms. The van der Waals surface area contributed by atoms with E-state index < -0.39 is 16.8 Å². The van der Waals surface area contributed by atoms with Crippen LogP contribution >= 0.6 is 0 Å². The zero-order valence-corrected chi connectivity index (χ0v) is 29.4. The lowest BCUT2D eigenvalue weighted by molar-refractivity contribution is -0.158. The van der Waals surface area contributed by atoms with Gasteiger partial charge in [-0.3, -0.25) is 38.8 Å². The average molecular weight is 642 g/mol. The molecule has 0 unspecified atom stereocenters. The summed E-state index contributed by atoms with van der Waals surface area (Å²) in [6, 6.07) is -0.0627. The van der Waals surface area contributed by atoms with Crippen LogP contribution in [0.1, 0.15) is 69.2 Å². The first kappa shape index (κ1) is 38.9. The third-order valence-electron chi connectivity index (χ3n) is 7.10. The van der Waals surface area contributed by atoms with E-state index in [4.69, 9.17) is 18.9 Å². The number of carbonyl (C=O) groups excluding carboxylic acids is 4. The van der Waals surface area contributed by atoms with Gasteiger partial charge in [-0.15, -0.1) is 0 Å². The minimum atomic E-state index is -0.613. The lowest BCUT2D eigenvalue weighted by Gasteiger charge is -2.37. The molecule has 2 atom stereocenters. The summed E-state index contributed by atoms with van der Waals surface area (Å²) in [5.74, 6) is -1.29. The summed E-state index contributed by atoms with van der Waals surface area (Å²) in [5, 5.41) is 3.35. The van der Waals surface area contributed by atoms with Crippen molar-refractivity contribution in [1.82, 2.24) is 24.9 Å². The van der Waals surface area contributed by atoms with Crippen LogP contribution in [0.3, 0.4) is 0 Å². The Hall–Kier alpha value is -2.32. The highest BCUT2D eigenvalue weighted by Gasteiger charge is 2.35. The van der Waals surface area contributed by atoms with Gasteiger partial charge in [0.25, 0.3) is 0 Å². The van der Waals surface area contributed by atoms with Crippen molar-refractivity contribution in [3.05, 3.63) is 0 Å². The zero-order chi connectivity index (χ0) is 34.0. The van der Waals surface area contributed by atoms with Gasteiger partial charge < -0.3 is 24.3 Å². The van der Waals surface area contributed by atoms with Gasteiger partial charge >= 0.3 is 23.9 Å². The smallest absolute Gasteiger partial charge is 0.320 e. The summed E-state index contributed by atoms with van der Waals surface area (Å²) in [6.07, 6.45) is -0.307. The highest BCUT2D eigenvalue weighted by atomic mass is 16.6. The normalized spacial score (nSPS) is 22.6. The van der Waals surface area contributed by atoms with Crippen LogP contribution in [0.5, 0.6) is 0 Å². The quantitative estimate of drug-likeness (QED) is 0.301. The Morgan fingerprint density at radius 1 is 0.578 bits per heavy atom. The molecule has 2 saturated heterocycles. The maximum atomic E-state index is 12.9. The van der Waals surface area contributed by atoms with Crippen LogP contribution in [0.25, 0.3) is 0 Å². The van der Waals surface area contributed by atoms with E-state index >= 15 is 0 Å². The average Bonchev–Trinajstić information content (AvgIpc) is 3.27. The zero-order valence-electron chi connectivity index (χ0n) is 29.4. The summed E-state index contributed by atoms with van der Waals surface area (Å²) in [6.45, 7) is 23.8. The van der Waals surface area contributed by atoms with Crippen molar-refractivity contribution in [1.29, 1.82) is 0 Å². The molecule has 0 spiro atoms. The molecule has 2 aliphatic heterocycles. The van der Waals surface area contributed by atoms with Crippen LogP contribution in [-0.4, -0.2) is 158 Å². The molecule has 0 aromatic heterocycles. The SMILES string of the molecule is CC(=O)O[C@@H]1CNC[C@H]1N1CCN(CC(=O)OC(C)(C)C)CCN(CC(=O)OC(C)(C)C)CCN(CC(=O)OC(C)(C)C)CC1. The van der Waals surface area contributed by atoms with E-state index in [1.807, 2.05) is 77.0 Å². The minimum Gasteiger partial charge on any atom is -0.459 e. The molecule has 0 saturated carbocycles. The summed E-state index contributed by atoms with van der Waals surface area (Å²) in [7, 11) is 0. The predicted molar refractivity (Wildman–Crippen MR) is 171 cm³/mol. The van der Waals surface area contributed by atoms with E-state index in [-0.39, 0.29) is 55.7 Å². The molecule has 0 radical (unpaired) electrons. The standard InChI is InChI=1S/C32H59N5O8/c1-24(38)42-26-20-33-19-25(26)37-17-15-35(22-28(40)44-31(5,6)7)13-11-34(21-27(39)43-30(2,3)4)12-14-36(16-18-37)23-29(41)45-32(8,9)10/h25-26,33H,11-23H2,1-10H3/t25-,26-/m1/s1. The highest BCUT2D eigenvalue weighted by Crippen LogP contribution is 2.16. The first-order chi connectivity index (χ1) is 20.7. The highest BCUT2D eigenvalue weighted by molar-refractivity contribution is 5.73. The third-order valence-corrected chi connectivity index (χ3v) is 7.10. The summed E-state index contributed by atoms with van der Waals surface area (Å²) < 4.78 is 22.5. The van der Waals surface area contributed by atoms with Crippen molar-refractivity contribution in [3.63, 3.8) is 0 Å². The molecule has 0 aromatic carbocycles. The molecule has 0 aromatic rings. The van der Waals surface area contributed by atoms with Crippen LogP contribution in [-0.2, 0) is 38.1 Å². The summed E-state index contributed by atoms with van der Waals surface area (Å²) in [5.41, 5.74) is -1.83. The second-order valence-corrected chi connectivity index (χ2v) is 15.0. The molecule has 2 heterocycles. The van der Waals surface area contributed by atoms with E-state index in [0.29, 0.717) is 65.4 Å². The van der Waals surface area contributed by atoms with Crippen molar-refractivity contribution in [2.45, 2.75) is 98.2 Å². The van der Waals surface area contributed by atoms with Gasteiger partial charge in [0, 0.05) is 72.4 Å². The van der Waals surface area contributed by atoms with Crippen molar-refractivity contribution in [3.8, 4) is 0 Å². The Kier molecular flexibility index (Phi) is 14.7. The Labute approximate surface area is 270 Å². The molecule has 2 fully saturated rings. The maximum Gasteiger partial charge on any atom is 0.320 e. The fourth-order valence-electron chi connectivity index (χ4n) is 5.37. The van der Waals surface area contributed by atoms with Crippen molar-refractivity contribution in [2.24, 2.45) is 0 Å². The van der Waals surface area contributed by atoms with Gasteiger partial charge in [0.15, 0.2) is 0 Å². The number of nitrogens with one attached hydrogen (secondary N) is 1. The van der Waals surface area contributed by atoms with Crippen molar-refractivity contribution >= 4 is 23.9 Å². The predicted octanol–water partition coefficient (Wildman–Crippen LogP) is 1.14. The van der Waals surface area contributed by atoms with Gasteiger partial charge in [-0.05, 0) is 62.3 Å². The number of ether oxygens (including phenoxy) is 4. The molecule has 1 N–H and O–H groups in total. The number of rotatable bonds is 8. The Bertz CT molecular complexity index is 942. The fraction of sp³-hybridized carbons (Fsp3) is 0.875. The van der Waals surface area contributed by atoms with Crippen LogP contribution < -0.4 is 5.32 Å². The Balaban J connectivity index is 2.32. The first-order valence-electron chi connectivity index (χ1n) is 16.1. The Morgan fingerprint density at radius 3 is 1.22 bits per heavy atom. The first-order valence-corrected chi connectivity index (χ1v) is 16.1. The van der Waals surface area contributed by atoms with Gasteiger partial charge in [0.1, 0.15) is 22.9 Å². The lowest BCUT2D eigenvalue weighted by atomic mass is 10.1. The number of esters is 4. The molecule has 0 bridgehead atoms. The van der Waals surface area contributed by atoms with Crippen LogP contribution in [0, 0.1) is 0 Å². The summed E-state index contributed by atoms with van der Waals surface area (Å²) in [4.78, 5) is 58.9. The van der Waals surface area contributed by atoms with Gasteiger partial charge in [0.05, 0.1) is 25.7 Å². The molecule has 0 amide bonds. The molecule has 13 heteroatoms.